The maximum Gasteiger partial charge on any atom is 0.329 e. The number of fused-ring (bicyclic) bond motifs is 1. The van der Waals surface area contributed by atoms with E-state index in [1.807, 2.05) is 0 Å². The molecule has 1 N–H and O–H groups in total. The minimum atomic E-state index is -2.59. The predicted molar refractivity (Wildman–Crippen MR) is 76.2 cm³/mol. The Bertz CT molecular complexity index is 666. The quantitative estimate of drug-likeness (QED) is 0.902. The molecule has 20 heavy (non-hydrogen) atoms. The second-order valence-electron chi connectivity index (χ2n) is 4.82. The third-order valence-electron chi connectivity index (χ3n) is 3.11. The molecule has 1 heterocycles. The Kier molecular flexibility index (Phi) is 4.59. The summed E-state index contributed by atoms with van der Waals surface area (Å²) in [5.41, 5.74) is 0.590. The molecule has 110 valence electrons. The molecule has 2 aromatic rings. The second kappa shape index (κ2) is 6.05. The van der Waals surface area contributed by atoms with Crippen molar-refractivity contribution in [1.82, 2.24) is 9.13 Å². The van der Waals surface area contributed by atoms with Gasteiger partial charge in [-0.25, -0.2) is 13.6 Å². The highest BCUT2D eigenvalue weighted by Crippen LogP contribution is 2.20. The van der Waals surface area contributed by atoms with E-state index >= 15 is 0 Å². The molecule has 7 heteroatoms. The minimum Gasteiger partial charge on any atom is -0.396 e. The van der Waals surface area contributed by atoms with Crippen molar-refractivity contribution in [2.75, 3.05) is 6.61 Å². The summed E-state index contributed by atoms with van der Waals surface area (Å²) in [6.07, 6.45) is -2.59. The van der Waals surface area contributed by atoms with Gasteiger partial charge in [0.2, 0.25) is 0 Å². The van der Waals surface area contributed by atoms with E-state index in [0.29, 0.717) is 17.6 Å². The number of hydrogen-bond acceptors (Lipinski definition) is 2. The van der Waals surface area contributed by atoms with Crippen molar-refractivity contribution >= 4 is 27.0 Å². The van der Waals surface area contributed by atoms with E-state index < -0.39 is 18.7 Å². The third-order valence-corrected chi connectivity index (χ3v) is 3.60. The topological polar surface area (TPSA) is 47.2 Å². The van der Waals surface area contributed by atoms with Crippen LogP contribution in [0.4, 0.5) is 8.78 Å². The molecular weight excluding hydrogens is 334 g/mol. The van der Waals surface area contributed by atoms with E-state index in [0.717, 1.165) is 9.04 Å². The normalized spacial score (nSPS) is 13.3. The number of alkyl halides is 2. The van der Waals surface area contributed by atoms with Crippen LogP contribution < -0.4 is 5.69 Å². The van der Waals surface area contributed by atoms with Gasteiger partial charge in [-0.15, -0.1) is 0 Å². The SMILES string of the molecule is C[C@H](CO)Cn1c(=O)n(CC(F)F)c2ccc(Br)cc21. The maximum absolute atomic E-state index is 12.6. The first-order chi connectivity index (χ1) is 9.43. The molecule has 0 aliphatic carbocycles. The van der Waals surface area contributed by atoms with Crippen LogP contribution in [0, 0.1) is 5.92 Å². The molecule has 0 unspecified atom stereocenters. The number of rotatable bonds is 5. The molecule has 1 aromatic carbocycles. The summed E-state index contributed by atoms with van der Waals surface area (Å²) in [6, 6.07) is 5.08. The first-order valence-corrected chi connectivity index (χ1v) is 7.01. The van der Waals surface area contributed by atoms with Gasteiger partial charge in [0.15, 0.2) is 0 Å². The highest BCUT2D eigenvalue weighted by atomic mass is 79.9. The molecule has 0 fully saturated rings. The van der Waals surface area contributed by atoms with Crippen LogP contribution in [0.3, 0.4) is 0 Å². The zero-order valence-electron chi connectivity index (χ0n) is 10.9. The van der Waals surface area contributed by atoms with Crippen molar-refractivity contribution in [1.29, 1.82) is 0 Å². The monoisotopic (exact) mass is 348 g/mol. The van der Waals surface area contributed by atoms with Crippen molar-refractivity contribution in [2.45, 2.75) is 26.4 Å². The van der Waals surface area contributed by atoms with E-state index in [4.69, 9.17) is 5.11 Å². The average Bonchev–Trinajstić information content (AvgIpc) is 2.63. The van der Waals surface area contributed by atoms with Gasteiger partial charge in [0, 0.05) is 17.6 Å². The van der Waals surface area contributed by atoms with Gasteiger partial charge in [0.25, 0.3) is 6.43 Å². The number of hydrogen-bond donors (Lipinski definition) is 1. The highest BCUT2D eigenvalue weighted by Gasteiger charge is 2.17. The van der Waals surface area contributed by atoms with Gasteiger partial charge in [-0.1, -0.05) is 22.9 Å². The lowest BCUT2D eigenvalue weighted by Gasteiger charge is -2.08. The molecule has 0 spiro atoms. The second-order valence-corrected chi connectivity index (χ2v) is 5.73. The minimum absolute atomic E-state index is 0.0675. The van der Waals surface area contributed by atoms with Crippen LogP contribution in [0.5, 0.6) is 0 Å². The van der Waals surface area contributed by atoms with Gasteiger partial charge in [0.1, 0.15) is 0 Å². The molecule has 4 nitrogen and oxygen atoms in total. The number of halogens is 3. The number of aromatic nitrogens is 2. The Hall–Kier alpha value is -1.21. The fourth-order valence-corrected chi connectivity index (χ4v) is 2.50. The van der Waals surface area contributed by atoms with Crippen LogP contribution in [-0.2, 0) is 13.1 Å². The lowest BCUT2D eigenvalue weighted by atomic mass is 10.2. The number of imidazole rings is 1. The fourth-order valence-electron chi connectivity index (χ4n) is 2.15. The van der Waals surface area contributed by atoms with Gasteiger partial charge in [-0.05, 0) is 24.1 Å². The van der Waals surface area contributed by atoms with Gasteiger partial charge >= 0.3 is 5.69 Å². The van der Waals surface area contributed by atoms with Gasteiger partial charge < -0.3 is 5.11 Å². The first-order valence-electron chi connectivity index (χ1n) is 6.21. The first kappa shape index (κ1) is 15.2. The summed E-state index contributed by atoms with van der Waals surface area (Å²) in [7, 11) is 0. The maximum atomic E-state index is 12.6. The molecule has 0 radical (unpaired) electrons. The number of aliphatic hydroxyl groups excluding tert-OH is 1. The van der Waals surface area contributed by atoms with Crippen LogP contribution in [-0.4, -0.2) is 27.3 Å². The van der Waals surface area contributed by atoms with Crippen molar-refractivity contribution in [3.63, 3.8) is 0 Å². The smallest absolute Gasteiger partial charge is 0.329 e. The Morgan fingerprint density at radius 1 is 1.25 bits per heavy atom. The molecule has 0 aliphatic heterocycles. The van der Waals surface area contributed by atoms with E-state index in [1.165, 1.54) is 4.57 Å². The Labute approximate surface area is 122 Å². The van der Waals surface area contributed by atoms with E-state index in [2.05, 4.69) is 15.9 Å². The summed E-state index contributed by atoms with van der Waals surface area (Å²) in [6.45, 7) is 1.39. The predicted octanol–water partition coefficient (Wildman–Crippen LogP) is 2.46. The summed E-state index contributed by atoms with van der Waals surface area (Å²) in [5, 5.41) is 9.11. The number of aliphatic hydroxyl groups is 1. The third kappa shape index (κ3) is 2.93. The zero-order chi connectivity index (χ0) is 14.9. The molecule has 0 bridgehead atoms. The van der Waals surface area contributed by atoms with Gasteiger partial charge in [-0.3, -0.25) is 9.13 Å². The van der Waals surface area contributed by atoms with Crippen molar-refractivity contribution in [3.05, 3.63) is 33.2 Å². The Morgan fingerprint density at radius 2 is 1.90 bits per heavy atom. The fraction of sp³-hybridized carbons (Fsp3) is 0.462. The summed E-state index contributed by atoms with van der Waals surface area (Å²) < 4.78 is 28.5. The van der Waals surface area contributed by atoms with Crippen LogP contribution in [0.25, 0.3) is 11.0 Å². The van der Waals surface area contributed by atoms with E-state index in [9.17, 15) is 13.6 Å². The molecule has 0 amide bonds. The summed E-state index contributed by atoms with van der Waals surface area (Å²) in [5.74, 6) is -0.128. The van der Waals surface area contributed by atoms with Crippen LogP contribution in [0.15, 0.2) is 27.5 Å². The van der Waals surface area contributed by atoms with Crippen molar-refractivity contribution in [2.24, 2.45) is 5.92 Å². The Balaban J connectivity index is 2.63. The molecule has 0 saturated carbocycles. The van der Waals surface area contributed by atoms with Crippen molar-refractivity contribution < 1.29 is 13.9 Å². The van der Waals surface area contributed by atoms with Crippen LogP contribution >= 0.6 is 15.9 Å². The lowest BCUT2D eigenvalue weighted by molar-refractivity contribution is 0.126. The van der Waals surface area contributed by atoms with Crippen LogP contribution in [0.1, 0.15) is 6.92 Å². The molecule has 0 saturated heterocycles. The molecule has 2 rings (SSSR count). The zero-order valence-corrected chi connectivity index (χ0v) is 12.5. The largest absolute Gasteiger partial charge is 0.396 e. The Morgan fingerprint density at radius 3 is 2.50 bits per heavy atom. The molecular formula is C13H15BrF2N2O2. The number of benzene rings is 1. The summed E-state index contributed by atoms with van der Waals surface area (Å²) >= 11 is 3.31. The standard InChI is InChI=1S/C13H15BrF2N2O2/c1-8(7-19)5-17-11-4-9(14)2-3-10(11)18(13(17)20)6-12(15)16/h2-4,8,12,19H,5-7H2,1H3/t8-/m0/s1. The number of nitrogens with zero attached hydrogens (tertiary/aromatic N) is 2. The molecule has 1 atom stereocenters. The summed E-state index contributed by atoms with van der Waals surface area (Å²) in [4.78, 5) is 12.3. The van der Waals surface area contributed by atoms with E-state index in [-0.39, 0.29) is 12.5 Å². The van der Waals surface area contributed by atoms with Crippen LogP contribution in [0.2, 0.25) is 0 Å². The average molecular weight is 349 g/mol. The van der Waals surface area contributed by atoms with Gasteiger partial charge in [-0.2, -0.15) is 0 Å². The lowest BCUT2D eigenvalue weighted by Crippen LogP contribution is -2.28. The molecule has 0 aliphatic rings. The van der Waals surface area contributed by atoms with E-state index in [1.54, 1.807) is 25.1 Å². The molecule has 1 aromatic heterocycles. The van der Waals surface area contributed by atoms with Crippen molar-refractivity contribution in [3.8, 4) is 0 Å². The van der Waals surface area contributed by atoms with Gasteiger partial charge in [0.05, 0.1) is 17.6 Å². The highest BCUT2D eigenvalue weighted by molar-refractivity contribution is 9.10.